The van der Waals surface area contributed by atoms with E-state index in [0.29, 0.717) is 0 Å². The number of carboxylic acid groups (broad SMARTS) is 1. The molecule has 0 spiro atoms. The molecular weight excluding hydrogens is 269 g/mol. The van der Waals surface area contributed by atoms with E-state index in [9.17, 15) is 19.1 Å². The van der Waals surface area contributed by atoms with Crippen LogP contribution in [0.4, 0.5) is 4.39 Å². The number of nitrogens with two attached hydrogens (primary N) is 1. The number of methoxy groups -OCH3 is 1. The van der Waals surface area contributed by atoms with Gasteiger partial charge in [-0.1, -0.05) is 0 Å². The highest BCUT2D eigenvalue weighted by Crippen LogP contribution is 2.39. The highest BCUT2D eigenvalue weighted by Gasteiger charge is 2.40. The monoisotopic (exact) mass is 285 g/mol. The Kier molecular flexibility index (Phi) is 4.34. The molecule has 1 aromatic rings. The van der Waals surface area contributed by atoms with Crippen molar-refractivity contribution in [3.05, 3.63) is 29.1 Å². The van der Waals surface area contributed by atoms with E-state index in [-0.39, 0.29) is 0 Å². The minimum absolute atomic E-state index is 0.430. The van der Waals surface area contributed by atoms with Crippen molar-refractivity contribution < 1.29 is 28.9 Å². The maximum atomic E-state index is 13.9. The molecule has 110 valence electrons. The predicted molar refractivity (Wildman–Crippen MR) is 67.7 cm³/mol. The summed E-state index contributed by atoms with van der Waals surface area (Å²) in [5.41, 5.74) is 3.56. The lowest BCUT2D eigenvalue weighted by molar-refractivity contribution is -0.152. The number of benzene rings is 1. The first kappa shape index (κ1) is 15.9. The van der Waals surface area contributed by atoms with E-state index in [2.05, 4.69) is 4.74 Å². The van der Waals surface area contributed by atoms with E-state index in [4.69, 9.17) is 10.8 Å². The van der Waals surface area contributed by atoms with E-state index in [0.717, 1.165) is 19.2 Å². The summed E-state index contributed by atoms with van der Waals surface area (Å²) in [4.78, 5) is 22.6. The molecule has 20 heavy (non-hydrogen) atoms. The van der Waals surface area contributed by atoms with Gasteiger partial charge in [-0.05, 0) is 26.0 Å². The average molecular weight is 285 g/mol. The van der Waals surface area contributed by atoms with Crippen LogP contribution in [0.1, 0.15) is 35.8 Å². The molecule has 0 saturated heterocycles. The third-order valence-electron chi connectivity index (χ3n) is 3.19. The molecule has 4 N–H and O–H groups in total. The van der Waals surface area contributed by atoms with Crippen molar-refractivity contribution in [3.63, 3.8) is 0 Å². The molecule has 7 heteroatoms. The Morgan fingerprint density at radius 2 is 1.95 bits per heavy atom. The lowest BCUT2D eigenvalue weighted by atomic mass is 9.80. The van der Waals surface area contributed by atoms with Crippen molar-refractivity contribution >= 4 is 11.9 Å². The zero-order valence-corrected chi connectivity index (χ0v) is 11.3. The molecule has 0 heterocycles. The van der Waals surface area contributed by atoms with Crippen molar-refractivity contribution in [3.8, 4) is 5.75 Å². The Hall–Kier alpha value is -2.15. The molecule has 0 aliphatic rings. The first-order valence-electron chi connectivity index (χ1n) is 5.73. The first-order chi connectivity index (χ1) is 9.14. The van der Waals surface area contributed by atoms with E-state index in [1.54, 1.807) is 0 Å². The van der Waals surface area contributed by atoms with Gasteiger partial charge in [0.05, 0.1) is 18.6 Å². The molecule has 6 nitrogen and oxygen atoms in total. The molecule has 1 atom stereocenters. The van der Waals surface area contributed by atoms with Crippen LogP contribution in [-0.2, 0) is 9.53 Å². The number of rotatable bonds is 4. The highest BCUT2D eigenvalue weighted by molar-refractivity contribution is 5.91. The minimum Gasteiger partial charge on any atom is -0.507 e. The minimum atomic E-state index is -1.42. The van der Waals surface area contributed by atoms with Crippen molar-refractivity contribution in [2.75, 3.05) is 7.11 Å². The zero-order chi connectivity index (χ0) is 15.7. The molecule has 1 rings (SSSR count). The Balaban J connectivity index is 3.43. The molecule has 1 aromatic carbocycles. The number of carbonyl (C=O) groups is 2. The van der Waals surface area contributed by atoms with Crippen molar-refractivity contribution in [1.29, 1.82) is 0 Å². The second-order valence-corrected chi connectivity index (χ2v) is 4.85. The van der Waals surface area contributed by atoms with Crippen molar-refractivity contribution in [2.45, 2.75) is 19.9 Å². The first-order valence-corrected chi connectivity index (χ1v) is 5.73. The Morgan fingerprint density at radius 1 is 1.40 bits per heavy atom. The van der Waals surface area contributed by atoms with Gasteiger partial charge in [0, 0.05) is 5.56 Å². The fraction of sp³-hybridized carbons (Fsp3) is 0.385. The average Bonchev–Trinajstić information content (AvgIpc) is 2.36. The normalized spacial score (nSPS) is 12.8. The molecule has 0 aromatic heterocycles. The van der Waals surface area contributed by atoms with E-state index in [1.807, 2.05) is 0 Å². The SMILES string of the molecule is COC(=O)C(C)(C)[C@@H](N)c1c(F)ccc(C(=O)O)c1O. The van der Waals surface area contributed by atoms with Gasteiger partial charge in [-0.3, -0.25) is 4.79 Å². The van der Waals surface area contributed by atoms with Crippen molar-refractivity contribution in [2.24, 2.45) is 11.1 Å². The Bertz CT molecular complexity index is 556. The quantitative estimate of drug-likeness (QED) is 0.722. The number of hydrogen-bond donors (Lipinski definition) is 3. The Morgan fingerprint density at radius 3 is 2.40 bits per heavy atom. The molecule has 0 amide bonds. The van der Waals surface area contributed by atoms with Crippen LogP contribution in [0.5, 0.6) is 5.75 Å². The van der Waals surface area contributed by atoms with Gasteiger partial charge in [-0.25, -0.2) is 9.18 Å². The van der Waals surface area contributed by atoms with E-state index in [1.165, 1.54) is 13.8 Å². The second kappa shape index (κ2) is 5.46. The summed E-state index contributed by atoms with van der Waals surface area (Å²) in [6, 6.07) is 0.536. The topological polar surface area (TPSA) is 110 Å². The van der Waals surface area contributed by atoms with Crippen LogP contribution in [0.25, 0.3) is 0 Å². The standard InChI is InChI=1S/C13H16FNO5/c1-13(2,12(19)20-3)10(15)8-7(14)5-4-6(9(8)16)11(17)18/h4-5,10,16H,15H2,1-3H3,(H,17,18)/t10-/m0/s1. The number of hydrogen-bond acceptors (Lipinski definition) is 5. The number of esters is 1. The van der Waals surface area contributed by atoms with Crippen LogP contribution in [0.15, 0.2) is 12.1 Å². The summed E-state index contributed by atoms with van der Waals surface area (Å²) in [5, 5.41) is 18.8. The van der Waals surface area contributed by atoms with Gasteiger partial charge >= 0.3 is 11.9 Å². The molecule has 0 unspecified atom stereocenters. The molecule has 0 aliphatic heterocycles. The summed E-state index contributed by atoms with van der Waals surface area (Å²) >= 11 is 0. The van der Waals surface area contributed by atoms with Gasteiger partial charge in [0.1, 0.15) is 17.1 Å². The summed E-state index contributed by atoms with van der Waals surface area (Å²) in [7, 11) is 1.15. The Labute approximate surface area is 115 Å². The van der Waals surface area contributed by atoms with Crippen LogP contribution >= 0.6 is 0 Å². The van der Waals surface area contributed by atoms with Gasteiger partial charge in [0.2, 0.25) is 0 Å². The molecule has 0 fully saturated rings. The summed E-state index contributed by atoms with van der Waals surface area (Å²) < 4.78 is 18.4. The molecule has 0 radical (unpaired) electrons. The number of aromatic hydroxyl groups is 1. The largest absolute Gasteiger partial charge is 0.507 e. The molecule has 0 saturated carbocycles. The van der Waals surface area contributed by atoms with E-state index >= 15 is 0 Å². The lowest BCUT2D eigenvalue weighted by Crippen LogP contribution is -2.38. The van der Waals surface area contributed by atoms with Crippen LogP contribution < -0.4 is 5.73 Å². The molecule has 0 bridgehead atoms. The summed E-state index contributed by atoms with van der Waals surface area (Å²) in [5.74, 6) is -3.81. The van der Waals surface area contributed by atoms with Gasteiger partial charge in [0.25, 0.3) is 0 Å². The fourth-order valence-corrected chi connectivity index (χ4v) is 1.80. The smallest absolute Gasteiger partial charge is 0.339 e. The van der Waals surface area contributed by atoms with Gasteiger partial charge in [-0.15, -0.1) is 0 Å². The third kappa shape index (κ3) is 2.57. The van der Waals surface area contributed by atoms with Gasteiger partial charge in [0.15, 0.2) is 0 Å². The van der Waals surface area contributed by atoms with Gasteiger partial charge < -0.3 is 20.7 Å². The van der Waals surface area contributed by atoms with Crippen LogP contribution in [0, 0.1) is 11.2 Å². The number of halogens is 1. The maximum Gasteiger partial charge on any atom is 0.339 e. The number of aromatic carboxylic acids is 1. The van der Waals surface area contributed by atoms with Crippen LogP contribution in [0.2, 0.25) is 0 Å². The predicted octanol–water partition coefficient (Wildman–Crippen LogP) is 1.43. The molecule has 0 aliphatic carbocycles. The summed E-state index contributed by atoms with van der Waals surface area (Å²) in [6.07, 6.45) is 0. The number of carbonyl (C=O) groups excluding carboxylic acids is 1. The maximum absolute atomic E-state index is 13.9. The number of carboxylic acids is 1. The highest BCUT2D eigenvalue weighted by atomic mass is 19.1. The lowest BCUT2D eigenvalue weighted by Gasteiger charge is -2.29. The van der Waals surface area contributed by atoms with Crippen molar-refractivity contribution in [1.82, 2.24) is 0 Å². The van der Waals surface area contributed by atoms with Crippen LogP contribution in [-0.4, -0.2) is 29.3 Å². The number of ether oxygens (including phenoxy) is 1. The van der Waals surface area contributed by atoms with E-state index < -0.39 is 46.1 Å². The van der Waals surface area contributed by atoms with Gasteiger partial charge in [-0.2, -0.15) is 0 Å². The zero-order valence-electron chi connectivity index (χ0n) is 11.3. The third-order valence-corrected chi connectivity index (χ3v) is 3.19. The number of phenols is 1. The summed E-state index contributed by atoms with van der Waals surface area (Å²) in [6.45, 7) is 2.83. The fourth-order valence-electron chi connectivity index (χ4n) is 1.80. The molecular formula is C13H16FNO5. The van der Waals surface area contributed by atoms with Crippen LogP contribution in [0.3, 0.4) is 0 Å². The second-order valence-electron chi connectivity index (χ2n) is 4.85.